The van der Waals surface area contributed by atoms with E-state index in [0.717, 1.165) is 36.1 Å². The van der Waals surface area contributed by atoms with Crippen molar-refractivity contribution in [2.24, 2.45) is 0 Å². The number of nitrogens with zero attached hydrogens (tertiary/aromatic N) is 3. The zero-order valence-corrected chi connectivity index (χ0v) is 14.0. The van der Waals surface area contributed by atoms with E-state index < -0.39 is 0 Å². The first-order valence-electron chi connectivity index (χ1n) is 7.20. The summed E-state index contributed by atoms with van der Waals surface area (Å²) >= 11 is 3.47. The number of ether oxygens (including phenoxy) is 1. The third-order valence-corrected chi connectivity index (χ3v) is 4.43. The molecule has 0 spiro atoms. The summed E-state index contributed by atoms with van der Waals surface area (Å²) in [6, 6.07) is 0.504. The molecule has 20 heavy (non-hydrogen) atoms. The molecule has 0 aliphatic carbocycles. The van der Waals surface area contributed by atoms with Gasteiger partial charge in [-0.3, -0.25) is 4.90 Å². The fourth-order valence-corrected chi connectivity index (χ4v) is 2.75. The second-order valence-corrected chi connectivity index (χ2v) is 6.22. The molecule has 112 valence electrons. The number of aromatic nitrogens is 2. The highest BCUT2D eigenvalue weighted by molar-refractivity contribution is 9.10. The van der Waals surface area contributed by atoms with E-state index in [1.54, 1.807) is 0 Å². The van der Waals surface area contributed by atoms with Gasteiger partial charge in [0.2, 0.25) is 0 Å². The average Bonchev–Trinajstić information content (AvgIpc) is 2.44. The van der Waals surface area contributed by atoms with Crippen LogP contribution in [0.4, 0.5) is 5.82 Å². The first-order chi connectivity index (χ1) is 9.52. The van der Waals surface area contributed by atoms with Crippen LogP contribution in [0.3, 0.4) is 0 Å². The third-order valence-electron chi connectivity index (χ3n) is 3.57. The number of anilines is 1. The first kappa shape index (κ1) is 15.7. The molecule has 1 atom stereocenters. The molecular weight excluding hydrogens is 320 g/mol. The zero-order chi connectivity index (χ0) is 14.7. The van der Waals surface area contributed by atoms with Crippen molar-refractivity contribution < 1.29 is 4.74 Å². The van der Waals surface area contributed by atoms with Gasteiger partial charge in [-0.25, -0.2) is 9.97 Å². The van der Waals surface area contributed by atoms with E-state index in [4.69, 9.17) is 10.5 Å². The summed E-state index contributed by atoms with van der Waals surface area (Å²) in [5.74, 6) is 1.21. The van der Waals surface area contributed by atoms with Crippen molar-refractivity contribution in [3.05, 3.63) is 16.0 Å². The Morgan fingerprint density at radius 3 is 2.85 bits per heavy atom. The number of morpholine rings is 1. The lowest BCUT2D eigenvalue weighted by molar-refractivity contribution is -0.0443. The maximum absolute atomic E-state index is 5.99. The number of nitrogens with two attached hydrogens (primary N) is 1. The highest BCUT2D eigenvalue weighted by atomic mass is 79.9. The maximum atomic E-state index is 5.99. The highest BCUT2D eigenvalue weighted by Gasteiger charge is 2.26. The van der Waals surface area contributed by atoms with Crippen molar-refractivity contribution >= 4 is 21.7 Å². The molecule has 2 N–H and O–H groups in total. The fourth-order valence-electron chi connectivity index (χ4n) is 2.37. The minimum atomic E-state index is -0.0860. The van der Waals surface area contributed by atoms with Crippen molar-refractivity contribution in [2.45, 2.75) is 45.8 Å². The molecule has 1 aromatic heterocycles. The summed E-state index contributed by atoms with van der Waals surface area (Å²) in [5.41, 5.74) is 6.96. The second-order valence-electron chi connectivity index (χ2n) is 5.43. The van der Waals surface area contributed by atoms with E-state index in [1.807, 2.05) is 0 Å². The van der Waals surface area contributed by atoms with E-state index in [-0.39, 0.29) is 6.10 Å². The van der Waals surface area contributed by atoms with Crippen molar-refractivity contribution in [1.29, 1.82) is 0 Å². The molecule has 1 unspecified atom stereocenters. The Kier molecular flexibility index (Phi) is 5.35. The molecule has 0 radical (unpaired) electrons. The van der Waals surface area contributed by atoms with Gasteiger partial charge in [-0.2, -0.15) is 0 Å². The zero-order valence-electron chi connectivity index (χ0n) is 12.4. The van der Waals surface area contributed by atoms with Gasteiger partial charge in [0, 0.05) is 19.1 Å². The molecule has 5 nitrogen and oxygen atoms in total. The van der Waals surface area contributed by atoms with Crippen LogP contribution in [-0.4, -0.2) is 40.6 Å². The summed E-state index contributed by atoms with van der Waals surface area (Å²) in [6.45, 7) is 9.02. The van der Waals surface area contributed by atoms with Gasteiger partial charge in [0.1, 0.15) is 11.9 Å². The quantitative estimate of drug-likeness (QED) is 0.910. The number of nitrogen functional groups attached to an aromatic ring is 1. The molecule has 1 aromatic rings. The van der Waals surface area contributed by atoms with Crippen LogP contribution in [0.1, 0.15) is 44.8 Å². The molecule has 2 heterocycles. The van der Waals surface area contributed by atoms with Crippen molar-refractivity contribution in [3.63, 3.8) is 0 Å². The normalized spacial score (nSPS) is 20.6. The first-order valence-corrected chi connectivity index (χ1v) is 7.99. The van der Waals surface area contributed by atoms with E-state index in [9.17, 15) is 0 Å². The maximum Gasteiger partial charge on any atom is 0.161 e. The fraction of sp³-hybridized carbons (Fsp3) is 0.714. The molecule has 2 rings (SSSR count). The molecule has 1 fully saturated rings. The predicted octanol–water partition coefficient (Wildman–Crippen LogP) is 2.56. The van der Waals surface area contributed by atoms with Crippen molar-refractivity contribution in [1.82, 2.24) is 14.9 Å². The number of halogens is 1. The van der Waals surface area contributed by atoms with Crippen LogP contribution in [0.15, 0.2) is 4.47 Å². The summed E-state index contributed by atoms with van der Waals surface area (Å²) in [7, 11) is 0. The van der Waals surface area contributed by atoms with Crippen molar-refractivity contribution in [2.75, 3.05) is 25.4 Å². The molecule has 0 amide bonds. The monoisotopic (exact) mass is 342 g/mol. The molecule has 6 heteroatoms. The minimum absolute atomic E-state index is 0.0860. The summed E-state index contributed by atoms with van der Waals surface area (Å²) in [6.07, 6.45) is 1.83. The topological polar surface area (TPSA) is 64.3 Å². The third kappa shape index (κ3) is 3.48. The minimum Gasteiger partial charge on any atom is -0.383 e. The Balaban J connectivity index is 2.23. The lowest BCUT2D eigenvalue weighted by atomic mass is 10.2. The van der Waals surface area contributed by atoms with Gasteiger partial charge in [0.05, 0.1) is 16.8 Å². The average molecular weight is 343 g/mol. The van der Waals surface area contributed by atoms with Crippen LogP contribution < -0.4 is 5.73 Å². The van der Waals surface area contributed by atoms with Gasteiger partial charge < -0.3 is 10.5 Å². The Morgan fingerprint density at radius 2 is 2.20 bits per heavy atom. The standard InChI is InChI=1S/C14H23BrN4O/c1-4-5-10-12(15)13(16)18-14(17-10)11-8-19(9(2)3)6-7-20-11/h9,11H,4-8H2,1-3H3,(H2,16,17,18). The van der Waals surface area contributed by atoms with Gasteiger partial charge >= 0.3 is 0 Å². The van der Waals surface area contributed by atoms with Gasteiger partial charge in [-0.15, -0.1) is 0 Å². The Morgan fingerprint density at radius 1 is 1.45 bits per heavy atom. The Hall–Kier alpha value is -0.720. The number of aryl methyl sites for hydroxylation is 1. The number of hydrogen-bond donors (Lipinski definition) is 1. The largest absolute Gasteiger partial charge is 0.383 e. The van der Waals surface area contributed by atoms with Crippen LogP contribution in [0.2, 0.25) is 0 Å². The second kappa shape index (κ2) is 6.83. The molecule has 1 saturated heterocycles. The Bertz CT molecular complexity index is 467. The van der Waals surface area contributed by atoms with E-state index in [0.29, 0.717) is 24.3 Å². The van der Waals surface area contributed by atoms with E-state index in [2.05, 4.69) is 51.6 Å². The van der Waals surface area contributed by atoms with Gasteiger partial charge in [-0.05, 0) is 36.2 Å². The Labute approximate surface area is 129 Å². The number of rotatable bonds is 4. The lowest BCUT2D eigenvalue weighted by Crippen LogP contribution is -2.42. The van der Waals surface area contributed by atoms with E-state index >= 15 is 0 Å². The highest BCUT2D eigenvalue weighted by Crippen LogP contribution is 2.27. The number of hydrogen-bond acceptors (Lipinski definition) is 5. The molecule has 1 aliphatic rings. The lowest BCUT2D eigenvalue weighted by Gasteiger charge is -2.34. The van der Waals surface area contributed by atoms with Gasteiger partial charge in [0.15, 0.2) is 5.82 Å². The summed E-state index contributed by atoms with van der Waals surface area (Å²) in [5, 5.41) is 0. The molecule has 0 bridgehead atoms. The molecule has 0 saturated carbocycles. The van der Waals surface area contributed by atoms with Crippen LogP contribution in [0, 0.1) is 0 Å². The van der Waals surface area contributed by atoms with Gasteiger partial charge in [0.25, 0.3) is 0 Å². The molecular formula is C14H23BrN4O. The van der Waals surface area contributed by atoms with Crippen LogP contribution in [0.5, 0.6) is 0 Å². The summed E-state index contributed by atoms with van der Waals surface area (Å²) < 4.78 is 6.65. The smallest absolute Gasteiger partial charge is 0.161 e. The van der Waals surface area contributed by atoms with Gasteiger partial charge in [-0.1, -0.05) is 13.3 Å². The van der Waals surface area contributed by atoms with Crippen molar-refractivity contribution in [3.8, 4) is 0 Å². The van der Waals surface area contributed by atoms with Crippen LogP contribution in [0.25, 0.3) is 0 Å². The molecule has 1 aliphatic heterocycles. The van der Waals surface area contributed by atoms with Crippen LogP contribution in [-0.2, 0) is 11.2 Å². The summed E-state index contributed by atoms with van der Waals surface area (Å²) in [4.78, 5) is 11.4. The van der Waals surface area contributed by atoms with Crippen LogP contribution >= 0.6 is 15.9 Å². The predicted molar refractivity (Wildman–Crippen MR) is 83.5 cm³/mol. The molecule has 0 aromatic carbocycles. The SMILES string of the molecule is CCCc1nc(C2CN(C(C)C)CCO2)nc(N)c1Br. The van der Waals surface area contributed by atoms with E-state index in [1.165, 1.54) is 0 Å².